The number of hydrogen-bond donors (Lipinski definition) is 0. The lowest BCUT2D eigenvalue weighted by Gasteiger charge is -2.09. The Labute approximate surface area is 172 Å². The first-order valence-electron chi connectivity index (χ1n) is 8.73. The van der Waals surface area contributed by atoms with Crippen LogP contribution in [0.4, 0.5) is 13.2 Å². The number of aromatic nitrogens is 2. The quantitative estimate of drug-likeness (QED) is 0.512. The molecule has 1 heterocycles. The highest BCUT2D eigenvalue weighted by atomic mass is 35.5. The summed E-state index contributed by atoms with van der Waals surface area (Å²) in [5.74, 6) is -0.149. The van der Waals surface area contributed by atoms with Crippen LogP contribution >= 0.6 is 11.6 Å². The molecule has 0 aliphatic rings. The minimum absolute atomic E-state index is 0.149. The van der Waals surface area contributed by atoms with Gasteiger partial charge < -0.3 is 0 Å². The summed E-state index contributed by atoms with van der Waals surface area (Å²) in [4.78, 5) is 0. The summed E-state index contributed by atoms with van der Waals surface area (Å²) >= 11 is 5.85. The third-order valence-electron chi connectivity index (χ3n) is 3.75. The zero-order valence-electron chi connectivity index (χ0n) is 16.0. The van der Waals surface area contributed by atoms with Gasteiger partial charge in [0.1, 0.15) is 0 Å². The van der Waals surface area contributed by atoms with Gasteiger partial charge in [0.25, 0.3) is 0 Å². The summed E-state index contributed by atoms with van der Waals surface area (Å²) in [6, 6.07) is 13.5. The molecular weight excluding hydrogens is 425 g/mol. The third-order valence-corrected chi connectivity index (χ3v) is 4.86. The molecule has 9 heteroatoms. The molecule has 4 nitrogen and oxygen atoms in total. The van der Waals surface area contributed by atoms with E-state index in [9.17, 15) is 21.6 Å². The van der Waals surface area contributed by atoms with Gasteiger partial charge in [-0.1, -0.05) is 49.7 Å². The number of sulfone groups is 1. The van der Waals surface area contributed by atoms with Crippen molar-refractivity contribution in [1.29, 1.82) is 0 Å². The highest BCUT2D eigenvalue weighted by Crippen LogP contribution is 2.33. The number of nitrogens with zero attached hydrogens (tertiary/aromatic N) is 2. The van der Waals surface area contributed by atoms with Crippen LogP contribution in [0, 0.1) is 0 Å². The minimum Gasteiger partial charge on any atom is -0.233 e. The second-order valence-corrected chi connectivity index (χ2v) is 8.64. The van der Waals surface area contributed by atoms with Crippen molar-refractivity contribution in [3.63, 3.8) is 0 Å². The van der Waals surface area contributed by atoms with Crippen LogP contribution in [0.5, 0.6) is 0 Å². The van der Waals surface area contributed by atoms with E-state index >= 15 is 0 Å². The predicted molar refractivity (Wildman–Crippen MR) is 109 cm³/mol. The van der Waals surface area contributed by atoms with Crippen LogP contribution in [0.2, 0.25) is 5.02 Å². The van der Waals surface area contributed by atoms with Crippen molar-refractivity contribution in [3.05, 3.63) is 70.9 Å². The fourth-order valence-corrected chi connectivity index (χ4v) is 3.50. The molecule has 0 radical (unpaired) electrons. The number of hydrogen-bond acceptors (Lipinski definition) is 3. The summed E-state index contributed by atoms with van der Waals surface area (Å²) in [6.07, 6.45) is -3.48. The van der Waals surface area contributed by atoms with E-state index in [1.165, 1.54) is 16.8 Å². The van der Waals surface area contributed by atoms with Crippen molar-refractivity contribution < 1.29 is 21.6 Å². The van der Waals surface area contributed by atoms with Crippen molar-refractivity contribution in [2.75, 3.05) is 6.26 Å². The Morgan fingerprint density at radius 3 is 2.03 bits per heavy atom. The fourth-order valence-electron chi connectivity index (χ4n) is 2.58. The topological polar surface area (TPSA) is 52.0 Å². The summed E-state index contributed by atoms with van der Waals surface area (Å²) in [5, 5.41) is 4.16. The third kappa shape index (κ3) is 6.08. The Balaban J connectivity index is 0.00000145. The Hall–Kier alpha value is -2.32. The first-order chi connectivity index (χ1) is 13.5. The van der Waals surface area contributed by atoms with Crippen LogP contribution < -0.4 is 0 Å². The molecule has 0 aliphatic carbocycles. The van der Waals surface area contributed by atoms with Crippen LogP contribution in [-0.2, 0) is 21.8 Å². The zero-order chi connectivity index (χ0) is 21.8. The van der Waals surface area contributed by atoms with Gasteiger partial charge in [0.15, 0.2) is 15.5 Å². The van der Waals surface area contributed by atoms with Gasteiger partial charge in [-0.15, -0.1) is 0 Å². The van der Waals surface area contributed by atoms with Crippen LogP contribution in [0.25, 0.3) is 16.9 Å². The molecule has 0 fully saturated rings. The lowest BCUT2D eigenvalue weighted by atomic mass is 10.1. The van der Waals surface area contributed by atoms with E-state index < -0.39 is 21.7 Å². The van der Waals surface area contributed by atoms with E-state index in [-0.39, 0.29) is 11.4 Å². The van der Waals surface area contributed by atoms with Crippen molar-refractivity contribution in [3.8, 4) is 16.9 Å². The summed E-state index contributed by atoms with van der Waals surface area (Å²) in [7, 11) is -3.21. The molecule has 0 unspecified atom stereocenters. The average molecular weight is 445 g/mol. The molecule has 29 heavy (non-hydrogen) atoms. The van der Waals surface area contributed by atoms with Gasteiger partial charge in [-0.25, -0.2) is 13.1 Å². The largest absolute Gasteiger partial charge is 0.435 e. The van der Waals surface area contributed by atoms with Gasteiger partial charge in [-0.3, -0.25) is 0 Å². The first kappa shape index (κ1) is 23.0. The van der Waals surface area contributed by atoms with Crippen LogP contribution in [0.3, 0.4) is 0 Å². The Kier molecular flexibility index (Phi) is 7.13. The fraction of sp³-hybridized carbons (Fsp3) is 0.250. The van der Waals surface area contributed by atoms with Gasteiger partial charge in [-0.2, -0.15) is 18.3 Å². The molecule has 156 valence electrons. The summed E-state index contributed by atoms with van der Waals surface area (Å²) in [5.41, 5.74) is 0.662. The van der Waals surface area contributed by atoms with E-state index in [2.05, 4.69) is 5.10 Å². The van der Waals surface area contributed by atoms with Crippen LogP contribution in [0.15, 0.2) is 54.6 Å². The Morgan fingerprint density at radius 2 is 1.55 bits per heavy atom. The number of rotatable bonds is 4. The maximum Gasteiger partial charge on any atom is 0.435 e. The zero-order valence-corrected chi connectivity index (χ0v) is 17.6. The van der Waals surface area contributed by atoms with E-state index in [4.69, 9.17) is 11.6 Å². The van der Waals surface area contributed by atoms with Crippen molar-refractivity contribution in [1.82, 2.24) is 9.78 Å². The maximum atomic E-state index is 13.2. The number of alkyl halides is 3. The lowest BCUT2D eigenvalue weighted by molar-refractivity contribution is -0.141. The second-order valence-electron chi connectivity index (χ2n) is 6.07. The van der Waals surface area contributed by atoms with Gasteiger partial charge in [0.2, 0.25) is 0 Å². The molecule has 0 bridgehead atoms. The maximum absolute atomic E-state index is 13.2. The van der Waals surface area contributed by atoms with E-state index in [1.807, 2.05) is 13.8 Å². The summed E-state index contributed by atoms with van der Waals surface area (Å²) in [6.45, 7) is 4.00. The first-order valence-corrected chi connectivity index (χ1v) is 11.2. The molecule has 3 rings (SSSR count). The second kappa shape index (κ2) is 9.00. The normalized spacial score (nSPS) is 11.7. The SMILES string of the molecule is CC.CS(=O)(=O)Cc1ccc(-n2nc(C(F)(F)F)cc2-c2ccc(Cl)cc2)cc1. The van der Waals surface area contributed by atoms with Crippen molar-refractivity contribution in [2.45, 2.75) is 25.8 Å². The molecule has 0 saturated carbocycles. The van der Waals surface area contributed by atoms with Gasteiger partial charge in [-0.05, 0) is 35.9 Å². The monoisotopic (exact) mass is 444 g/mol. The number of halogens is 4. The Morgan fingerprint density at radius 1 is 1.00 bits per heavy atom. The van der Waals surface area contributed by atoms with Crippen molar-refractivity contribution >= 4 is 21.4 Å². The van der Waals surface area contributed by atoms with Gasteiger partial charge in [0.05, 0.1) is 17.1 Å². The van der Waals surface area contributed by atoms with Gasteiger partial charge in [0, 0.05) is 16.8 Å². The molecule has 2 aromatic carbocycles. The summed E-state index contributed by atoms with van der Waals surface area (Å²) < 4.78 is 63.4. The molecule has 3 aromatic rings. The molecule has 0 spiro atoms. The van der Waals surface area contributed by atoms with E-state index in [0.29, 0.717) is 21.8 Å². The van der Waals surface area contributed by atoms with Crippen molar-refractivity contribution in [2.24, 2.45) is 0 Å². The molecule has 0 amide bonds. The Bertz CT molecular complexity index is 1060. The van der Waals surface area contributed by atoms with Crippen LogP contribution in [0.1, 0.15) is 25.1 Å². The van der Waals surface area contributed by atoms with Crippen LogP contribution in [-0.4, -0.2) is 24.5 Å². The lowest BCUT2D eigenvalue weighted by Crippen LogP contribution is -2.07. The standard InChI is InChI=1S/C18H14ClF3N2O2S.C2H6/c1-27(25,26)11-12-2-8-15(9-3-12)24-16(10-17(23-24)18(20,21)22)13-4-6-14(19)7-5-13;1-2/h2-10H,11H2,1H3;1-2H3. The molecule has 1 aromatic heterocycles. The smallest absolute Gasteiger partial charge is 0.233 e. The molecule has 0 aliphatic heterocycles. The van der Waals surface area contributed by atoms with E-state index in [1.54, 1.807) is 36.4 Å². The molecular formula is C20H20ClF3N2O2S. The highest BCUT2D eigenvalue weighted by Gasteiger charge is 2.35. The predicted octanol–water partition coefficient (Wildman–Crippen LogP) is 5.78. The highest BCUT2D eigenvalue weighted by molar-refractivity contribution is 7.89. The van der Waals surface area contributed by atoms with E-state index in [0.717, 1.165) is 12.3 Å². The average Bonchev–Trinajstić information content (AvgIpc) is 3.09. The molecule has 0 N–H and O–H groups in total. The van der Waals surface area contributed by atoms with Gasteiger partial charge >= 0.3 is 6.18 Å². The number of benzene rings is 2. The molecule has 0 saturated heterocycles. The molecule has 0 atom stereocenters. The minimum atomic E-state index is -4.59.